The molecule has 0 saturated heterocycles. The molecule has 0 radical (unpaired) electrons. The van der Waals surface area contributed by atoms with E-state index < -0.39 is 0 Å². The lowest BCUT2D eigenvalue weighted by Crippen LogP contribution is -2.18. The van der Waals surface area contributed by atoms with Gasteiger partial charge in [0.2, 0.25) is 0 Å². The van der Waals surface area contributed by atoms with Gasteiger partial charge in [0.25, 0.3) is 5.88 Å². The van der Waals surface area contributed by atoms with Crippen molar-refractivity contribution in [3.63, 3.8) is 0 Å². The third-order valence-electron chi connectivity index (χ3n) is 2.17. The number of hydrogen-bond donors (Lipinski definition) is 1. The molecular formula is C11H10ClN3O2. The van der Waals surface area contributed by atoms with Crippen LogP contribution in [0.1, 0.15) is 0 Å². The third kappa shape index (κ3) is 2.39. The lowest BCUT2D eigenvalue weighted by atomic mass is 10.3. The summed E-state index contributed by atoms with van der Waals surface area (Å²) in [6.07, 6.45) is 3.03. The van der Waals surface area contributed by atoms with Gasteiger partial charge in [-0.05, 0) is 12.1 Å². The van der Waals surface area contributed by atoms with Crippen molar-refractivity contribution in [3.05, 3.63) is 46.0 Å². The molecule has 6 heteroatoms. The van der Waals surface area contributed by atoms with Gasteiger partial charge in [-0.1, -0.05) is 11.6 Å². The highest BCUT2D eigenvalue weighted by atomic mass is 35.5. The Morgan fingerprint density at radius 3 is 2.94 bits per heavy atom. The van der Waals surface area contributed by atoms with E-state index in [1.807, 2.05) is 0 Å². The number of aromatic nitrogens is 2. The standard InChI is InChI=1S/C11H10ClN3O2/c1-15-5-4-14-10(11(15)16)17-7-2-3-9(13)8(12)6-7/h2-6H,13H2,1H3. The number of nitrogen functional groups attached to an aromatic ring is 1. The zero-order chi connectivity index (χ0) is 12.4. The maximum atomic E-state index is 11.6. The molecule has 0 aliphatic carbocycles. The maximum absolute atomic E-state index is 11.6. The minimum atomic E-state index is -0.319. The van der Waals surface area contributed by atoms with Crippen molar-refractivity contribution in [1.82, 2.24) is 9.55 Å². The molecule has 0 spiro atoms. The van der Waals surface area contributed by atoms with E-state index in [2.05, 4.69) is 4.98 Å². The van der Waals surface area contributed by atoms with E-state index in [1.54, 1.807) is 25.4 Å². The number of nitrogens with two attached hydrogens (primary N) is 1. The molecule has 2 N–H and O–H groups in total. The molecule has 0 bridgehead atoms. The number of nitrogens with zero attached hydrogens (tertiary/aromatic N) is 2. The van der Waals surface area contributed by atoms with E-state index in [9.17, 15) is 4.79 Å². The molecule has 1 heterocycles. The number of halogens is 1. The largest absolute Gasteiger partial charge is 0.435 e. The summed E-state index contributed by atoms with van der Waals surface area (Å²) in [6.45, 7) is 0. The van der Waals surface area contributed by atoms with E-state index in [0.717, 1.165) is 0 Å². The fourth-order valence-corrected chi connectivity index (χ4v) is 1.40. The molecule has 1 aromatic carbocycles. The van der Waals surface area contributed by atoms with Crippen LogP contribution < -0.4 is 16.0 Å². The topological polar surface area (TPSA) is 70.1 Å². The molecule has 0 atom stereocenters. The van der Waals surface area contributed by atoms with Crippen LogP contribution in [0.25, 0.3) is 0 Å². The van der Waals surface area contributed by atoms with Crippen molar-refractivity contribution in [1.29, 1.82) is 0 Å². The Bertz CT molecular complexity index is 610. The lowest BCUT2D eigenvalue weighted by molar-refractivity contribution is 0.449. The molecular weight excluding hydrogens is 242 g/mol. The van der Waals surface area contributed by atoms with Crippen LogP contribution in [0.2, 0.25) is 5.02 Å². The zero-order valence-corrected chi connectivity index (χ0v) is 9.81. The van der Waals surface area contributed by atoms with E-state index in [4.69, 9.17) is 22.1 Å². The van der Waals surface area contributed by atoms with Crippen LogP contribution >= 0.6 is 11.6 Å². The van der Waals surface area contributed by atoms with Gasteiger partial charge in [-0.25, -0.2) is 4.98 Å². The number of benzene rings is 1. The molecule has 5 nitrogen and oxygen atoms in total. The minimum Gasteiger partial charge on any atom is -0.435 e. The molecule has 88 valence electrons. The molecule has 0 fully saturated rings. The van der Waals surface area contributed by atoms with Gasteiger partial charge in [-0.15, -0.1) is 0 Å². The highest BCUT2D eigenvalue weighted by molar-refractivity contribution is 6.33. The number of aryl methyl sites for hydroxylation is 1. The van der Waals surface area contributed by atoms with Crippen molar-refractivity contribution in [2.75, 3.05) is 5.73 Å². The molecule has 1 aromatic heterocycles. The highest BCUT2D eigenvalue weighted by Gasteiger charge is 2.06. The summed E-state index contributed by atoms with van der Waals surface area (Å²) >= 11 is 5.84. The van der Waals surface area contributed by atoms with E-state index in [1.165, 1.54) is 16.8 Å². The van der Waals surface area contributed by atoms with Gasteiger partial charge in [-0.2, -0.15) is 0 Å². The summed E-state index contributed by atoms with van der Waals surface area (Å²) in [5.74, 6) is 0.413. The summed E-state index contributed by atoms with van der Waals surface area (Å²) < 4.78 is 6.72. The average Bonchev–Trinajstić information content (AvgIpc) is 2.30. The average molecular weight is 252 g/mol. The smallest absolute Gasteiger partial charge is 0.313 e. The Morgan fingerprint density at radius 2 is 2.24 bits per heavy atom. The molecule has 2 rings (SSSR count). The molecule has 2 aromatic rings. The number of rotatable bonds is 2. The second kappa shape index (κ2) is 4.47. The van der Waals surface area contributed by atoms with Crippen LogP contribution in [-0.4, -0.2) is 9.55 Å². The van der Waals surface area contributed by atoms with Crippen molar-refractivity contribution < 1.29 is 4.74 Å². The van der Waals surface area contributed by atoms with Crippen LogP contribution in [0.15, 0.2) is 35.4 Å². The van der Waals surface area contributed by atoms with Crippen molar-refractivity contribution in [3.8, 4) is 11.6 Å². The molecule has 0 aliphatic heterocycles. The van der Waals surface area contributed by atoms with E-state index in [0.29, 0.717) is 16.5 Å². The fourth-order valence-electron chi connectivity index (χ4n) is 1.23. The van der Waals surface area contributed by atoms with Gasteiger partial charge in [0, 0.05) is 25.5 Å². The van der Waals surface area contributed by atoms with Crippen LogP contribution in [0.5, 0.6) is 11.6 Å². The highest BCUT2D eigenvalue weighted by Crippen LogP contribution is 2.25. The Morgan fingerprint density at radius 1 is 1.47 bits per heavy atom. The van der Waals surface area contributed by atoms with Gasteiger partial charge < -0.3 is 15.0 Å². The molecule has 17 heavy (non-hydrogen) atoms. The molecule has 0 saturated carbocycles. The maximum Gasteiger partial charge on any atom is 0.313 e. The number of hydrogen-bond acceptors (Lipinski definition) is 4. The predicted octanol–water partition coefficient (Wildman–Crippen LogP) is 1.81. The minimum absolute atomic E-state index is 0.00385. The third-order valence-corrected chi connectivity index (χ3v) is 2.50. The van der Waals surface area contributed by atoms with Crippen LogP contribution in [0, 0.1) is 0 Å². The van der Waals surface area contributed by atoms with Gasteiger partial charge >= 0.3 is 5.56 Å². The Hall–Kier alpha value is -2.01. The van der Waals surface area contributed by atoms with E-state index in [-0.39, 0.29) is 11.4 Å². The van der Waals surface area contributed by atoms with E-state index >= 15 is 0 Å². The van der Waals surface area contributed by atoms with Crippen molar-refractivity contribution in [2.24, 2.45) is 7.05 Å². The lowest BCUT2D eigenvalue weighted by Gasteiger charge is -2.06. The van der Waals surface area contributed by atoms with Gasteiger partial charge in [0.1, 0.15) is 5.75 Å². The van der Waals surface area contributed by atoms with Crippen LogP contribution in [0.4, 0.5) is 5.69 Å². The quantitative estimate of drug-likeness (QED) is 0.827. The second-order valence-electron chi connectivity index (χ2n) is 3.43. The summed E-state index contributed by atoms with van der Waals surface area (Å²) in [7, 11) is 1.62. The fraction of sp³-hybridized carbons (Fsp3) is 0.0909. The summed E-state index contributed by atoms with van der Waals surface area (Å²) in [6, 6.07) is 4.76. The Kier molecular flexibility index (Phi) is 3.01. The monoisotopic (exact) mass is 251 g/mol. The summed E-state index contributed by atoms with van der Waals surface area (Å²) in [4.78, 5) is 15.5. The summed E-state index contributed by atoms with van der Waals surface area (Å²) in [5, 5.41) is 0.371. The summed E-state index contributed by atoms with van der Waals surface area (Å²) in [5.41, 5.74) is 5.70. The normalized spacial score (nSPS) is 10.2. The van der Waals surface area contributed by atoms with Crippen molar-refractivity contribution >= 4 is 17.3 Å². The number of ether oxygens (including phenoxy) is 1. The Labute approximate surface area is 102 Å². The van der Waals surface area contributed by atoms with Gasteiger partial charge in [-0.3, -0.25) is 4.79 Å². The van der Waals surface area contributed by atoms with Gasteiger partial charge in [0.05, 0.1) is 10.7 Å². The van der Waals surface area contributed by atoms with Crippen LogP contribution in [0.3, 0.4) is 0 Å². The van der Waals surface area contributed by atoms with Crippen LogP contribution in [-0.2, 0) is 7.05 Å². The molecule has 0 amide bonds. The number of anilines is 1. The first-order valence-electron chi connectivity index (χ1n) is 4.82. The molecule has 0 aliphatic rings. The first-order valence-corrected chi connectivity index (χ1v) is 5.20. The predicted molar refractivity (Wildman–Crippen MR) is 65.4 cm³/mol. The van der Waals surface area contributed by atoms with Crippen molar-refractivity contribution in [2.45, 2.75) is 0 Å². The first-order chi connectivity index (χ1) is 8.08. The SMILES string of the molecule is Cn1ccnc(Oc2ccc(N)c(Cl)c2)c1=O. The Balaban J connectivity index is 2.35. The molecule has 0 unspecified atom stereocenters. The van der Waals surface area contributed by atoms with Gasteiger partial charge in [0.15, 0.2) is 0 Å². The first kappa shape index (κ1) is 11.5. The second-order valence-corrected chi connectivity index (χ2v) is 3.84. The zero-order valence-electron chi connectivity index (χ0n) is 9.05.